The highest BCUT2D eigenvalue weighted by Gasteiger charge is 2.07. The average molecular weight is 292 g/mol. The van der Waals surface area contributed by atoms with Crippen LogP contribution in [0.1, 0.15) is 28.6 Å². The molecule has 2 rings (SSSR count). The molecule has 0 fully saturated rings. The second-order valence-corrected chi connectivity index (χ2v) is 4.54. The molecule has 0 spiro atoms. The maximum atomic E-state index is 11.8. The number of aryl methyl sites for hydroxylation is 3. The number of nitrogens with one attached hydrogen (secondary N) is 3. The summed E-state index contributed by atoms with van der Waals surface area (Å²) in [5, 5.41) is 6.83. The van der Waals surface area contributed by atoms with E-state index in [0.29, 0.717) is 25.3 Å². The molecule has 0 aromatic carbocycles. The molecule has 0 bridgehead atoms. The molecular weight excluding hydrogens is 276 g/mol. The van der Waals surface area contributed by atoms with E-state index in [1.807, 2.05) is 18.8 Å². The van der Waals surface area contributed by atoms with E-state index in [1.165, 1.54) is 0 Å². The zero-order valence-corrected chi connectivity index (χ0v) is 11.8. The van der Waals surface area contributed by atoms with Gasteiger partial charge in [0.15, 0.2) is 0 Å². The smallest absolute Gasteiger partial charge is 0.326 e. The van der Waals surface area contributed by atoms with Gasteiger partial charge in [0.25, 0.3) is 11.5 Å². The Morgan fingerprint density at radius 2 is 2.10 bits per heavy atom. The summed E-state index contributed by atoms with van der Waals surface area (Å²) >= 11 is 0. The summed E-state index contributed by atoms with van der Waals surface area (Å²) < 4.78 is 1.76. The fraction of sp³-hybridized carbons (Fsp3) is 0.417. The Bertz CT molecular complexity index is 729. The van der Waals surface area contributed by atoms with Gasteiger partial charge in [0.2, 0.25) is 0 Å². The summed E-state index contributed by atoms with van der Waals surface area (Å²) in [5.41, 5.74) is -1.38. The van der Waals surface area contributed by atoms with E-state index in [-0.39, 0.29) is 5.69 Å². The van der Waals surface area contributed by atoms with Gasteiger partial charge in [-0.3, -0.25) is 19.3 Å². The largest absolute Gasteiger partial charge is 0.351 e. The van der Waals surface area contributed by atoms with Gasteiger partial charge in [-0.25, -0.2) is 9.78 Å². The molecule has 9 heteroatoms. The van der Waals surface area contributed by atoms with Crippen LogP contribution in [0.25, 0.3) is 0 Å². The number of rotatable bonds is 5. The summed E-state index contributed by atoms with van der Waals surface area (Å²) in [6.07, 6.45) is 0.656. The lowest BCUT2D eigenvalue weighted by Crippen LogP contribution is -2.31. The highest BCUT2D eigenvalue weighted by molar-refractivity contribution is 5.91. The molecule has 0 aliphatic rings. The van der Waals surface area contributed by atoms with Crippen LogP contribution in [-0.4, -0.2) is 37.2 Å². The molecule has 0 radical (unpaired) electrons. The van der Waals surface area contributed by atoms with Gasteiger partial charge in [-0.2, -0.15) is 5.10 Å². The predicted molar refractivity (Wildman–Crippen MR) is 74.1 cm³/mol. The molecule has 1 amide bonds. The minimum atomic E-state index is -0.707. The second-order valence-electron chi connectivity index (χ2n) is 4.54. The molecule has 0 atom stereocenters. The topological polar surface area (TPSA) is 126 Å². The Balaban J connectivity index is 1.86. The molecular formula is C12H16N6O3. The van der Waals surface area contributed by atoms with Crippen molar-refractivity contribution < 1.29 is 4.79 Å². The van der Waals surface area contributed by atoms with Crippen molar-refractivity contribution in [2.24, 2.45) is 0 Å². The Hall–Kier alpha value is -2.71. The Kier molecular flexibility index (Phi) is 4.31. The number of carbonyl (C=O) groups is 1. The molecule has 2 heterocycles. The molecule has 0 saturated heterocycles. The Labute approximate surface area is 119 Å². The number of hydrogen-bond donors (Lipinski definition) is 3. The highest BCUT2D eigenvalue weighted by atomic mass is 16.2. The van der Waals surface area contributed by atoms with E-state index in [1.54, 1.807) is 4.68 Å². The van der Waals surface area contributed by atoms with Crippen molar-refractivity contribution in [3.63, 3.8) is 0 Å². The zero-order valence-electron chi connectivity index (χ0n) is 11.8. The predicted octanol–water partition coefficient (Wildman–Crippen LogP) is -0.908. The first-order chi connectivity index (χ1) is 9.95. The molecule has 2 aromatic heterocycles. The van der Waals surface area contributed by atoms with Crippen LogP contribution in [0.4, 0.5) is 0 Å². The Morgan fingerprint density at radius 1 is 1.33 bits per heavy atom. The van der Waals surface area contributed by atoms with Gasteiger partial charge in [0.05, 0.1) is 0 Å². The first-order valence-electron chi connectivity index (χ1n) is 6.45. The van der Waals surface area contributed by atoms with E-state index in [2.05, 4.69) is 20.4 Å². The number of aromatic amines is 2. The normalized spacial score (nSPS) is 10.6. The summed E-state index contributed by atoms with van der Waals surface area (Å²) in [6.45, 7) is 4.69. The van der Waals surface area contributed by atoms with Crippen LogP contribution in [0, 0.1) is 13.8 Å². The van der Waals surface area contributed by atoms with Crippen LogP contribution in [0.15, 0.2) is 15.7 Å². The lowest BCUT2D eigenvalue weighted by atomic mass is 10.3. The third kappa shape index (κ3) is 3.88. The summed E-state index contributed by atoms with van der Waals surface area (Å²) in [5.74, 6) is 1.03. The SMILES string of the molecule is Cc1nc(C)n(CCCNC(=O)c2cc(=O)[nH]c(=O)[nH]2)n1. The fourth-order valence-electron chi connectivity index (χ4n) is 1.89. The van der Waals surface area contributed by atoms with Gasteiger partial charge in [0, 0.05) is 19.2 Å². The number of H-pyrrole nitrogens is 2. The first-order valence-corrected chi connectivity index (χ1v) is 6.45. The van der Waals surface area contributed by atoms with E-state index >= 15 is 0 Å². The molecule has 112 valence electrons. The van der Waals surface area contributed by atoms with Crippen molar-refractivity contribution in [1.82, 2.24) is 30.0 Å². The standard InChI is InChI=1S/C12H16N6O3/c1-7-14-8(2)18(17-7)5-3-4-13-11(20)9-6-10(19)16-12(21)15-9/h6H,3-5H2,1-2H3,(H,13,20)(H2,15,16,19,21). The minimum absolute atomic E-state index is 0.0588. The monoisotopic (exact) mass is 292 g/mol. The van der Waals surface area contributed by atoms with Crippen LogP contribution in [-0.2, 0) is 6.54 Å². The summed E-state index contributed by atoms with van der Waals surface area (Å²) in [4.78, 5) is 42.4. The summed E-state index contributed by atoms with van der Waals surface area (Å²) in [6, 6.07) is 1.04. The Morgan fingerprint density at radius 3 is 2.71 bits per heavy atom. The van der Waals surface area contributed by atoms with Crippen molar-refractivity contribution >= 4 is 5.91 Å². The highest BCUT2D eigenvalue weighted by Crippen LogP contribution is 1.97. The number of carbonyl (C=O) groups excluding carboxylic acids is 1. The number of amides is 1. The molecule has 0 aliphatic carbocycles. The van der Waals surface area contributed by atoms with E-state index < -0.39 is 17.2 Å². The van der Waals surface area contributed by atoms with E-state index in [9.17, 15) is 14.4 Å². The molecule has 2 aromatic rings. The fourth-order valence-corrected chi connectivity index (χ4v) is 1.89. The van der Waals surface area contributed by atoms with Crippen LogP contribution in [0.2, 0.25) is 0 Å². The molecule has 0 saturated carbocycles. The minimum Gasteiger partial charge on any atom is -0.351 e. The van der Waals surface area contributed by atoms with E-state index in [0.717, 1.165) is 11.9 Å². The van der Waals surface area contributed by atoms with Gasteiger partial charge in [-0.1, -0.05) is 0 Å². The molecule has 21 heavy (non-hydrogen) atoms. The lowest BCUT2D eigenvalue weighted by molar-refractivity contribution is 0.0947. The average Bonchev–Trinajstić information content (AvgIpc) is 2.71. The van der Waals surface area contributed by atoms with Crippen LogP contribution in [0.5, 0.6) is 0 Å². The van der Waals surface area contributed by atoms with Crippen molar-refractivity contribution in [2.45, 2.75) is 26.8 Å². The molecule has 0 aliphatic heterocycles. The number of hydrogen-bond acceptors (Lipinski definition) is 5. The zero-order chi connectivity index (χ0) is 15.4. The second kappa shape index (κ2) is 6.16. The number of aromatic nitrogens is 5. The van der Waals surface area contributed by atoms with Gasteiger partial charge in [-0.05, 0) is 20.3 Å². The van der Waals surface area contributed by atoms with Gasteiger partial charge >= 0.3 is 5.69 Å². The molecule has 0 unspecified atom stereocenters. The summed E-state index contributed by atoms with van der Waals surface area (Å²) in [7, 11) is 0. The van der Waals surface area contributed by atoms with Gasteiger partial charge < -0.3 is 10.3 Å². The molecule has 9 nitrogen and oxygen atoms in total. The van der Waals surface area contributed by atoms with Crippen LogP contribution in [0.3, 0.4) is 0 Å². The van der Waals surface area contributed by atoms with Crippen LogP contribution < -0.4 is 16.6 Å². The maximum Gasteiger partial charge on any atom is 0.326 e. The van der Waals surface area contributed by atoms with Gasteiger partial charge in [-0.15, -0.1) is 0 Å². The number of nitrogens with zero attached hydrogens (tertiary/aromatic N) is 3. The van der Waals surface area contributed by atoms with Crippen molar-refractivity contribution in [3.8, 4) is 0 Å². The van der Waals surface area contributed by atoms with Crippen LogP contribution >= 0.6 is 0 Å². The van der Waals surface area contributed by atoms with Gasteiger partial charge in [0.1, 0.15) is 17.3 Å². The van der Waals surface area contributed by atoms with E-state index in [4.69, 9.17) is 0 Å². The third-order valence-corrected chi connectivity index (χ3v) is 2.80. The first kappa shape index (κ1) is 14.7. The third-order valence-electron chi connectivity index (χ3n) is 2.80. The van der Waals surface area contributed by atoms with Crippen molar-refractivity contribution in [1.29, 1.82) is 0 Å². The maximum absolute atomic E-state index is 11.8. The van der Waals surface area contributed by atoms with Crippen molar-refractivity contribution in [3.05, 3.63) is 44.2 Å². The lowest BCUT2D eigenvalue weighted by Gasteiger charge is -2.05. The quantitative estimate of drug-likeness (QED) is 0.615. The van der Waals surface area contributed by atoms with Crippen molar-refractivity contribution in [2.75, 3.05) is 6.54 Å². The molecule has 3 N–H and O–H groups in total.